The molecule has 2 heterocycles. The fourth-order valence-corrected chi connectivity index (χ4v) is 3.79. The van der Waals surface area contributed by atoms with Gasteiger partial charge in [0.25, 0.3) is 0 Å². The predicted molar refractivity (Wildman–Crippen MR) is 95.5 cm³/mol. The van der Waals surface area contributed by atoms with E-state index in [1.54, 1.807) is 18.2 Å². The lowest BCUT2D eigenvalue weighted by molar-refractivity contribution is -0.125. The van der Waals surface area contributed by atoms with Crippen molar-refractivity contribution >= 4 is 17.3 Å². The third kappa shape index (κ3) is 3.37. The zero-order valence-corrected chi connectivity index (χ0v) is 13.9. The molecule has 0 radical (unpaired) electrons. The molecule has 0 aliphatic carbocycles. The van der Waals surface area contributed by atoms with Crippen molar-refractivity contribution in [3.63, 3.8) is 0 Å². The van der Waals surface area contributed by atoms with E-state index in [9.17, 15) is 9.18 Å². The van der Waals surface area contributed by atoms with E-state index >= 15 is 0 Å². The number of benzene rings is 2. The summed E-state index contributed by atoms with van der Waals surface area (Å²) in [7, 11) is 0. The number of nitrogens with two attached hydrogens (primary N) is 1. The van der Waals surface area contributed by atoms with Crippen molar-refractivity contribution < 1.29 is 13.9 Å². The van der Waals surface area contributed by atoms with E-state index < -0.39 is 0 Å². The number of carbonyl (C=O) groups excluding carboxylic acids is 1. The Labute approximate surface area is 146 Å². The van der Waals surface area contributed by atoms with Crippen LogP contribution in [0.3, 0.4) is 0 Å². The van der Waals surface area contributed by atoms with Crippen LogP contribution in [0.4, 0.5) is 15.8 Å². The largest absolute Gasteiger partial charge is 0.397 e. The molecule has 3 atom stereocenters. The van der Waals surface area contributed by atoms with Gasteiger partial charge >= 0.3 is 0 Å². The first-order chi connectivity index (χ1) is 12.1. The Morgan fingerprint density at radius 2 is 1.68 bits per heavy atom. The topological polar surface area (TPSA) is 64.3 Å². The molecule has 0 saturated carbocycles. The number of anilines is 2. The maximum Gasteiger partial charge on any atom is 0.227 e. The normalized spacial score (nSPS) is 24.9. The minimum Gasteiger partial charge on any atom is -0.397 e. The SMILES string of the molecule is Nc1ccc(-c2ccc(F)cc2)cc1NC(=O)C1C[C@H]2CC[C@@H](C1)O2. The van der Waals surface area contributed by atoms with Gasteiger partial charge in [0.05, 0.1) is 23.6 Å². The molecular weight excluding hydrogens is 319 g/mol. The molecule has 0 aromatic heterocycles. The molecule has 1 amide bonds. The molecule has 2 aliphatic rings. The van der Waals surface area contributed by atoms with Gasteiger partial charge in [-0.2, -0.15) is 0 Å². The number of hydrogen-bond acceptors (Lipinski definition) is 3. The van der Waals surface area contributed by atoms with E-state index in [1.807, 2.05) is 12.1 Å². The molecule has 2 aromatic rings. The highest BCUT2D eigenvalue weighted by Crippen LogP contribution is 2.37. The number of nitrogens with one attached hydrogen (secondary N) is 1. The lowest BCUT2D eigenvalue weighted by Crippen LogP contribution is -2.33. The number of amides is 1. The predicted octanol–water partition coefficient (Wildman–Crippen LogP) is 3.97. The van der Waals surface area contributed by atoms with Gasteiger partial charge < -0.3 is 15.8 Å². The van der Waals surface area contributed by atoms with E-state index in [0.29, 0.717) is 11.4 Å². The summed E-state index contributed by atoms with van der Waals surface area (Å²) in [5.74, 6) is -0.301. The first-order valence-corrected chi connectivity index (χ1v) is 8.70. The molecule has 2 bridgehead atoms. The van der Waals surface area contributed by atoms with Gasteiger partial charge in [-0.3, -0.25) is 4.79 Å². The summed E-state index contributed by atoms with van der Waals surface area (Å²) in [5, 5.41) is 2.98. The van der Waals surface area contributed by atoms with Crippen LogP contribution in [0.15, 0.2) is 42.5 Å². The summed E-state index contributed by atoms with van der Waals surface area (Å²) in [4.78, 5) is 12.7. The lowest BCUT2D eigenvalue weighted by atomic mass is 9.94. The van der Waals surface area contributed by atoms with Crippen LogP contribution in [0.1, 0.15) is 25.7 Å². The minimum atomic E-state index is -0.276. The number of hydrogen-bond donors (Lipinski definition) is 2. The molecular formula is C20H21FN2O2. The molecule has 2 saturated heterocycles. The molecule has 2 aromatic carbocycles. The number of carbonyl (C=O) groups is 1. The molecule has 130 valence electrons. The second-order valence-electron chi connectivity index (χ2n) is 6.92. The quantitative estimate of drug-likeness (QED) is 0.831. The molecule has 0 spiro atoms. The van der Waals surface area contributed by atoms with Gasteiger partial charge in [0.15, 0.2) is 0 Å². The summed E-state index contributed by atoms with van der Waals surface area (Å²) >= 11 is 0. The molecule has 1 unspecified atom stereocenters. The van der Waals surface area contributed by atoms with E-state index in [1.165, 1.54) is 12.1 Å². The smallest absolute Gasteiger partial charge is 0.227 e. The fraction of sp³-hybridized carbons (Fsp3) is 0.350. The third-order valence-corrected chi connectivity index (χ3v) is 5.15. The molecule has 4 nitrogen and oxygen atoms in total. The Kier molecular flexibility index (Phi) is 4.17. The summed E-state index contributed by atoms with van der Waals surface area (Å²) in [6.45, 7) is 0. The van der Waals surface area contributed by atoms with E-state index in [4.69, 9.17) is 10.5 Å². The van der Waals surface area contributed by atoms with Crippen molar-refractivity contribution in [1.29, 1.82) is 0 Å². The zero-order valence-electron chi connectivity index (χ0n) is 13.9. The van der Waals surface area contributed by atoms with E-state index in [2.05, 4.69) is 5.32 Å². The van der Waals surface area contributed by atoms with Crippen LogP contribution in [0, 0.1) is 11.7 Å². The Bertz CT molecular complexity index is 779. The molecule has 2 fully saturated rings. The first-order valence-electron chi connectivity index (χ1n) is 8.70. The number of rotatable bonds is 3. The van der Waals surface area contributed by atoms with Crippen LogP contribution in [-0.4, -0.2) is 18.1 Å². The average Bonchev–Trinajstić information content (AvgIpc) is 2.95. The Hall–Kier alpha value is -2.40. The number of halogens is 1. The van der Waals surface area contributed by atoms with Gasteiger partial charge in [-0.1, -0.05) is 18.2 Å². The fourth-order valence-electron chi connectivity index (χ4n) is 3.79. The van der Waals surface area contributed by atoms with Crippen LogP contribution in [0.25, 0.3) is 11.1 Å². The number of fused-ring (bicyclic) bond motifs is 2. The summed E-state index contributed by atoms with van der Waals surface area (Å²) in [6.07, 6.45) is 4.10. The van der Waals surface area contributed by atoms with Gasteiger partial charge in [0.1, 0.15) is 5.82 Å². The van der Waals surface area contributed by atoms with Crippen molar-refractivity contribution in [3.05, 3.63) is 48.3 Å². The highest BCUT2D eigenvalue weighted by Gasteiger charge is 2.38. The van der Waals surface area contributed by atoms with Gasteiger partial charge in [-0.25, -0.2) is 4.39 Å². The van der Waals surface area contributed by atoms with Crippen molar-refractivity contribution in [2.45, 2.75) is 37.9 Å². The summed E-state index contributed by atoms with van der Waals surface area (Å²) < 4.78 is 18.9. The molecule has 25 heavy (non-hydrogen) atoms. The van der Waals surface area contributed by atoms with Gasteiger partial charge in [-0.15, -0.1) is 0 Å². The number of ether oxygens (including phenoxy) is 1. The molecule has 3 N–H and O–H groups in total. The van der Waals surface area contributed by atoms with Crippen LogP contribution < -0.4 is 11.1 Å². The zero-order chi connectivity index (χ0) is 17.4. The molecule has 5 heteroatoms. The van der Waals surface area contributed by atoms with Crippen LogP contribution in [0.5, 0.6) is 0 Å². The highest BCUT2D eigenvalue weighted by atomic mass is 19.1. The van der Waals surface area contributed by atoms with Gasteiger partial charge in [0, 0.05) is 5.92 Å². The Balaban J connectivity index is 1.52. The third-order valence-electron chi connectivity index (χ3n) is 5.15. The van der Waals surface area contributed by atoms with Crippen molar-refractivity contribution in [3.8, 4) is 11.1 Å². The molecule has 4 rings (SSSR count). The molecule has 2 aliphatic heterocycles. The standard InChI is InChI=1S/C20H21FN2O2/c21-15-4-1-12(2-5-15)13-3-8-18(22)19(11-13)23-20(24)14-9-16-6-7-17(10-14)25-16/h1-5,8,11,14,16-17H,6-7,9-10,22H2,(H,23,24)/t14?,16-,17+. The van der Waals surface area contributed by atoms with Crippen molar-refractivity contribution in [1.82, 2.24) is 0 Å². The van der Waals surface area contributed by atoms with Gasteiger partial charge in [-0.05, 0) is 61.1 Å². The Morgan fingerprint density at radius 3 is 2.36 bits per heavy atom. The lowest BCUT2D eigenvalue weighted by Gasteiger charge is -2.27. The average molecular weight is 340 g/mol. The highest BCUT2D eigenvalue weighted by molar-refractivity contribution is 5.96. The van der Waals surface area contributed by atoms with Crippen LogP contribution >= 0.6 is 0 Å². The summed E-state index contributed by atoms with van der Waals surface area (Å²) in [6, 6.07) is 11.7. The van der Waals surface area contributed by atoms with E-state index in [0.717, 1.165) is 36.8 Å². The van der Waals surface area contributed by atoms with Gasteiger partial charge in [0.2, 0.25) is 5.91 Å². The second kappa shape index (κ2) is 6.48. The monoisotopic (exact) mass is 340 g/mol. The van der Waals surface area contributed by atoms with Crippen molar-refractivity contribution in [2.24, 2.45) is 5.92 Å². The minimum absolute atomic E-state index is 0.00292. The Morgan fingerprint density at radius 1 is 1.04 bits per heavy atom. The van der Waals surface area contributed by atoms with E-state index in [-0.39, 0.29) is 29.9 Å². The van der Waals surface area contributed by atoms with Crippen LogP contribution in [-0.2, 0) is 9.53 Å². The van der Waals surface area contributed by atoms with Crippen LogP contribution in [0.2, 0.25) is 0 Å². The second-order valence-corrected chi connectivity index (χ2v) is 6.92. The first kappa shape index (κ1) is 16.1. The summed E-state index contributed by atoms with van der Waals surface area (Å²) in [5.41, 5.74) is 8.92. The van der Waals surface area contributed by atoms with Crippen molar-refractivity contribution in [2.75, 3.05) is 11.1 Å². The number of nitrogen functional groups attached to an aromatic ring is 1. The maximum atomic E-state index is 13.1. The maximum absolute atomic E-state index is 13.1.